The van der Waals surface area contributed by atoms with Gasteiger partial charge < -0.3 is 4.74 Å². The molecule has 77 valence electrons. The normalized spacial score (nSPS) is 24.2. The molecule has 1 aliphatic rings. The molecule has 1 heteroatoms. The zero-order valence-electron chi connectivity index (χ0n) is 8.93. The molecule has 0 amide bonds. The minimum absolute atomic E-state index is 0.472. The first-order chi connectivity index (χ1) is 6.43. The van der Waals surface area contributed by atoms with E-state index in [-0.39, 0.29) is 0 Å². The summed E-state index contributed by atoms with van der Waals surface area (Å²) in [4.78, 5) is 0. The van der Waals surface area contributed by atoms with Crippen molar-refractivity contribution in [2.24, 2.45) is 0 Å². The smallest absolute Gasteiger partial charge is 0.0606 e. The highest BCUT2D eigenvalue weighted by Gasteiger charge is 2.11. The summed E-state index contributed by atoms with van der Waals surface area (Å²) in [6, 6.07) is 0. The lowest BCUT2D eigenvalue weighted by Crippen LogP contribution is -2.11. The van der Waals surface area contributed by atoms with Crippen LogP contribution < -0.4 is 0 Å². The maximum atomic E-state index is 5.73. The predicted octanol–water partition coefficient (Wildman–Crippen LogP) is 3.73. The van der Waals surface area contributed by atoms with Crippen molar-refractivity contribution in [3.63, 3.8) is 0 Å². The van der Waals surface area contributed by atoms with Crippen LogP contribution in [0.5, 0.6) is 0 Å². The van der Waals surface area contributed by atoms with Gasteiger partial charge in [-0.1, -0.05) is 39.0 Å². The first-order valence-corrected chi connectivity index (χ1v) is 5.88. The molecule has 1 fully saturated rings. The van der Waals surface area contributed by atoms with Crippen molar-refractivity contribution in [3.8, 4) is 0 Å². The second kappa shape index (κ2) is 7.37. The van der Waals surface area contributed by atoms with E-state index in [2.05, 4.69) is 13.3 Å². The van der Waals surface area contributed by atoms with E-state index in [9.17, 15) is 0 Å². The molecule has 1 unspecified atom stereocenters. The molecule has 1 rings (SSSR count). The number of rotatable bonds is 5. The molecule has 0 spiro atoms. The average Bonchev–Trinajstić information content (AvgIpc) is 2.41. The van der Waals surface area contributed by atoms with Crippen molar-refractivity contribution in [3.05, 3.63) is 6.42 Å². The highest BCUT2D eigenvalue weighted by atomic mass is 16.5. The Morgan fingerprint density at radius 2 is 2.15 bits per heavy atom. The molecule has 0 aromatic rings. The fourth-order valence-electron chi connectivity index (χ4n) is 1.83. The molecule has 0 aromatic heterocycles. The minimum atomic E-state index is 0.472. The number of ether oxygens (including phenoxy) is 1. The van der Waals surface area contributed by atoms with E-state index in [1.807, 2.05) is 0 Å². The SMILES string of the molecule is CCCCC[CH]C1CCCCCO1. The fraction of sp³-hybridized carbons (Fsp3) is 0.917. The van der Waals surface area contributed by atoms with E-state index < -0.39 is 0 Å². The number of hydrogen-bond donors (Lipinski definition) is 0. The molecule has 13 heavy (non-hydrogen) atoms. The Balaban J connectivity index is 1.98. The van der Waals surface area contributed by atoms with Gasteiger partial charge in [-0.25, -0.2) is 0 Å². The van der Waals surface area contributed by atoms with Crippen LogP contribution in [0.2, 0.25) is 0 Å². The summed E-state index contributed by atoms with van der Waals surface area (Å²) in [6.07, 6.45) is 13.4. The van der Waals surface area contributed by atoms with Gasteiger partial charge in [0.1, 0.15) is 0 Å². The third kappa shape index (κ3) is 5.30. The first kappa shape index (κ1) is 11.0. The quantitative estimate of drug-likeness (QED) is 0.590. The van der Waals surface area contributed by atoms with E-state index in [4.69, 9.17) is 4.74 Å². The Hall–Kier alpha value is -0.0400. The summed E-state index contributed by atoms with van der Waals surface area (Å²) in [7, 11) is 0. The van der Waals surface area contributed by atoms with Gasteiger partial charge in [0.15, 0.2) is 0 Å². The number of unbranched alkanes of at least 4 members (excludes halogenated alkanes) is 3. The minimum Gasteiger partial charge on any atom is -0.378 e. The Morgan fingerprint density at radius 3 is 3.00 bits per heavy atom. The lowest BCUT2D eigenvalue weighted by Gasteiger charge is -2.13. The molecular weight excluding hydrogens is 160 g/mol. The second-order valence-electron chi connectivity index (χ2n) is 3.99. The molecule has 0 aromatic carbocycles. The first-order valence-electron chi connectivity index (χ1n) is 5.88. The monoisotopic (exact) mass is 183 g/mol. The van der Waals surface area contributed by atoms with Gasteiger partial charge in [-0.2, -0.15) is 0 Å². The Kier molecular flexibility index (Phi) is 6.26. The van der Waals surface area contributed by atoms with Crippen molar-refractivity contribution < 1.29 is 4.74 Å². The van der Waals surface area contributed by atoms with Crippen molar-refractivity contribution in [2.75, 3.05) is 6.61 Å². The van der Waals surface area contributed by atoms with E-state index in [1.165, 1.54) is 51.4 Å². The molecule has 1 nitrogen and oxygen atoms in total. The largest absolute Gasteiger partial charge is 0.378 e. The van der Waals surface area contributed by atoms with Crippen LogP contribution in [0.4, 0.5) is 0 Å². The van der Waals surface area contributed by atoms with Crippen LogP contribution in [0.25, 0.3) is 0 Å². The van der Waals surface area contributed by atoms with E-state index in [0.717, 1.165) is 6.61 Å². The van der Waals surface area contributed by atoms with Crippen LogP contribution in [0, 0.1) is 6.42 Å². The van der Waals surface area contributed by atoms with Crippen LogP contribution >= 0.6 is 0 Å². The molecule has 1 heterocycles. The molecule has 0 aliphatic carbocycles. The van der Waals surface area contributed by atoms with Crippen LogP contribution in [-0.2, 0) is 4.74 Å². The maximum Gasteiger partial charge on any atom is 0.0606 e. The zero-order valence-corrected chi connectivity index (χ0v) is 8.93. The highest BCUT2D eigenvalue weighted by Crippen LogP contribution is 2.17. The summed E-state index contributed by atoms with van der Waals surface area (Å²) >= 11 is 0. The Morgan fingerprint density at radius 1 is 1.23 bits per heavy atom. The zero-order chi connectivity index (χ0) is 9.36. The van der Waals surface area contributed by atoms with E-state index >= 15 is 0 Å². The van der Waals surface area contributed by atoms with Gasteiger partial charge >= 0.3 is 0 Å². The van der Waals surface area contributed by atoms with E-state index in [0.29, 0.717) is 6.10 Å². The summed E-state index contributed by atoms with van der Waals surface area (Å²) < 4.78 is 5.73. The molecule has 1 radical (unpaired) electrons. The molecule has 0 N–H and O–H groups in total. The standard InChI is InChI=1S/C12H23O/c1-2-3-4-6-9-12-10-7-5-8-11-13-12/h9,12H,2-8,10-11H2,1H3. The maximum absolute atomic E-state index is 5.73. The molecular formula is C12H23O. The Labute approximate surface area is 82.9 Å². The third-order valence-corrected chi connectivity index (χ3v) is 2.70. The van der Waals surface area contributed by atoms with Gasteiger partial charge in [-0.15, -0.1) is 0 Å². The van der Waals surface area contributed by atoms with Crippen molar-refractivity contribution in [2.45, 2.75) is 64.4 Å². The third-order valence-electron chi connectivity index (χ3n) is 2.70. The molecule has 0 saturated carbocycles. The van der Waals surface area contributed by atoms with Gasteiger partial charge in [0.05, 0.1) is 6.10 Å². The second-order valence-corrected chi connectivity index (χ2v) is 3.99. The van der Waals surface area contributed by atoms with Gasteiger partial charge in [-0.3, -0.25) is 0 Å². The summed E-state index contributed by atoms with van der Waals surface area (Å²) in [5.41, 5.74) is 0. The fourth-order valence-corrected chi connectivity index (χ4v) is 1.83. The molecule has 1 aliphatic heterocycles. The molecule has 0 bridgehead atoms. The molecule has 1 atom stereocenters. The van der Waals surface area contributed by atoms with E-state index in [1.54, 1.807) is 0 Å². The lowest BCUT2D eigenvalue weighted by atomic mass is 10.0. The summed E-state index contributed by atoms with van der Waals surface area (Å²) in [6.45, 7) is 3.23. The predicted molar refractivity (Wildman–Crippen MR) is 56.7 cm³/mol. The summed E-state index contributed by atoms with van der Waals surface area (Å²) in [5, 5.41) is 0. The van der Waals surface area contributed by atoms with Crippen LogP contribution in [-0.4, -0.2) is 12.7 Å². The summed E-state index contributed by atoms with van der Waals surface area (Å²) in [5.74, 6) is 0. The van der Waals surface area contributed by atoms with Gasteiger partial charge in [0, 0.05) is 6.61 Å². The van der Waals surface area contributed by atoms with Gasteiger partial charge in [0.25, 0.3) is 0 Å². The highest BCUT2D eigenvalue weighted by molar-refractivity contribution is 4.78. The van der Waals surface area contributed by atoms with Crippen LogP contribution in [0.3, 0.4) is 0 Å². The number of hydrogen-bond acceptors (Lipinski definition) is 1. The Bertz CT molecular complexity index is 104. The molecule has 1 saturated heterocycles. The topological polar surface area (TPSA) is 9.23 Å². The van der Waals surface area contributed by atoms with Gasteiger partial charge in [0.2, 0.25) is 0 Å². The average molecular weight is 183 g/mol. The van der Waals surface area contributed by atoms with Crippen molar-refractivity contribution in [1.29, 1.82) is 0 Å². The van der Waals surface area contributed by atoms with Crippen molar-refractivity contribution >= 4 is 0 Å². The van der Waals surface area contributed by atoms with Gasteiger partial charge in [-0.05, 0) is 25.7 Å². The van der Waals surface area contributed by atoms with Crippen LogP contribution in [0.15, 0.2) is 0 Å². The van der Waals surface area contributed by atoms with Crippen LogP contribution in [0.1, 0.15) is 58.3 Å². The lowest BCUT2D eigenvalue weighted by molar-refractivity contribution is 0.0783. The van der Waals surface area contributed by atoms with Crippen molar-refractivity contribution in [1.82, 2.24) is 0 Å².